The minimum atomic E-state index is -0.947. The summed E-state index contributed by atoms with van der Waals surface area (Å²) >= 11 is 0. The first kappa shape index (κ1) is 21.4. The monoisotopic (exact) mass is 434 g/mol. The molecule has 1 fully saturated rings. The van der Waals surface area contributed by atoms with Crippen molar-refractivity contribution in [1.82, 2.24) is 14.9 Å². The maximum Gasteiger partial charge on any atom is 0.237 e. The number of ether oxygens (including phenoxy) is 1. The summed E-state index contributed by atoms with van der Waals surface area (Å²) in [5.41, 5.74) is 5.85. The Labute approximate surface area is 190 Å². The summed E-state index contributed by atoms with van der Waals surface area (Å²) in [4.78, 5) is 7.26. The zero-order valence-corrected chi connectivity index (χ0v) is 19.3. The average molecular weight is 435 g/mol. The summed E-state index contributed by atoms with van der Waals surface area (Å²) < 4.78 is 7.81. The second-order valence-corrected chi connectivity index (χ2v) is 9.39. The molecule has 0 spiro atoms. The third-order valence-electron chi connectivity index (χ3n) is 7.31. The fraction of sp³-hybridized carbons (Fsp3) is 0.500. The van der Waals surface area contributed by atoms with Crippen LogP contribution in [0.3, 0.4) is 0 Å². The van der Waals surface area contributed by atoms with Crippen LogP contribution in [-0.2, 0) is 17.6 Å². The number of rotatable bonds is 5. The number of fused-ring (bicyclic) bond motifs is 3. The number of nitrogens with one attached hydrogen (secondary N) is 1. The number of imidazole rings is 1. The molecule has 2 aromatic carbocycles. The number of nitrogens with zero attached hydrogens (tertiary/aromatic N) is 3. The zero-order chi connectivity index (χ0) is 22.2. The van der Waals surface area contributed by atoms with Crippen LogP contribution in [0.5, 0.6) is 0 Å². The Bertz CT molecular complexity index is 1080. The van der Waals surface area contributed by atoms with E-state index in [1.54, 1.807) is 7.11 Å². The predicted molar refractivity (Wildman–Crippen MR) is 128 cm³/mol. The normalized spacial score (nSPS) is 24.5. The van der Waals surface area contributed by atoms with Crippen LogP contribution in [0, 0.1) is 5.92 Å². The average Bonchev–Trinajstić information content (AvgIpc) is 3.17. The molecule has 5 rings (SSSR count). The molecule has 0 aliphatic carbocycles. The van der Waals surface area contributed by atoms with Crippen LogP contribution >= 0.6 is 0 Å². The SMILES string of the molecule is COC(O)N1c2ccc3c(nc(Cc4ccccc4)n3C3CCNCC3C)c2CC[C@@H]1C. The number of anilines is 1. The van der Waals surface area contributed by atoms with Crippen LogP contribution in [0.15, 0.2) is 42.5 Å². The van der Waals surface area contributed by atoms with Crippen LogP contribution in [0.2, 0.25) is 0 Å². The quantitative estimate of drug-likeness (QED) is 0.597. The highest BCUT2D eigenvalue weighted by atomic mass is 16.6. The van der Waals surface area contributed by atoms with Crippen LogP contribution in [0.1, 0.15) is 49.7 Å². The van der Waals surface area contributed by atoms with Gasteiger partial charge in [0.2, 0.25) is 6.41 Å². The minimum Gasteiger partial charge on any atom is -0.351 e. The summed E-state index contributed by atoms with van der Waals surface area (Å²) in [6.45, 7) is 6.55. The highest BCUT2D eigenvalue weighted by Gasteiger charge is 2.32. The molecule has 32 heavy (non-hydrogen) atoms. The molecule has 6 nitrogen and oxygen atoms in total. The molecule has 0 amide bonds. The molecule has 0 radical (unpaired) electrons. The molecule has 3 heterocycles. The molecule has 3 unspecified atom stereocenters. The van der Waals surface area contributed by atoms with Crippen molar-refractivity contribution in [1.29, 1.82) is 0 Å². The number of piperidine rings is 1. The smallest absolute Gasteiger partial charge is 0.237 e. The van der Waals surface area contributed by atoms with Crippen molar-refractivity contribution in [3.05, 3.63) is 59.4 Å². The summed E-state index contributed by atoms with van der Waals surface area (Å²) in [5.74, 6) is 1.68. The van der Waals surface area contributed by atoms with Gasteiger partial charge in [-0.2, -0.15) is 0 Å². The van der Waals surface area contributed by atoms with E-state index in [-0.39, 0.29) is 6.04 Å². The number of hydrogen-bond donors (Lipinski definition) is 2. The molecule has 1 aromatic heterocycles. The first-order valence-electron chi connectivity index (χ1n) is 11.8. The molecule has 2 aliphatic rings. The van der Waals surface area contributed by atoms with Crippen molar-refractivity contribution in [3.63, 3.8) is 0 Å². The lowest BCUT2D eigenvalue weighted by molar-refractivity contribution is -0.0794. The Kier molecular flexibility index (Phi) is 5.93. The van der Waals surface area contributed by atoms with E-state index in [9.17, 15) is 5.11 Å². The number of benzene rings is 2. The maximum absolute atomic E-state index is 10.5. The second kappa shape index (κ2) is 8.85. The van der Waals surface area contributed by atoms with Gasteiger partial charge in [0.15, 0.2) is 0 Å². The summed E-state index contributed by atoms with van der Waals surface area (Å²) in [6, 6.07) is 15.6. The van der Waals surface area contributed by atoms with E-state index in [0.717, 1.165) is 55.8 Å². The number of aryl methyl sites for hydroxylation is 1. The number of methoxy groups -OCH3 is 1. The Morgan fingerprint density at radius 1 is 1.16 bits per heavy atom. The van der Waals surface area contributed by atoms with Gasteiger partial charge in [0.1, 0.15) is 5.82 Å². The van der Waals surface area contributed by atoms with Crippen LogP contribution in [0.4, 0.5) is 5.69 Å². The Morgan fingerprint density at radius 2 is 1.97 bits per heavy atom. The lowest BCUT2D eigenvalue weighted by Crippen LogP contribution is -2.45. The fourth-order valence-corrected chi connectivity index (χ4v) is 5.58. The third kappa shape index (κ3) is 3.70. The maximum atomic E-state index is 10.5. The van der Waals surface area contributed by atoms with Crippen LogP contribution < -0.4 is 10.2 Å². The Hall–Kier alpha value is -2.41. The Morgan fingerprint density at radius 3 is 2.72 bits per heavy atom. The molecule has 4 atom stereocenters. The molecular weight excluding hydrogens is 400 g/mol. The molecule has 170 valence electrons. The summed E-state index contributed by atoms with van der Waals surface area (Å²) in [6.07, 6.45) is 2.91. The van der Waals surface area contributed by atoms with Gasteiger partial charge in [-0.1, -0.05) is 37.3 Å². The first-order valence-corrected chi connectivity index (χ1v) is 11.8. The van der Waals surface area contributed by atoms with Gasteiger partial charge in [-0.3, -0.25) is 0 Å². The van der Waals surface area contributed by atoms with Gasteiger partial charge in [-0.05, 0) is 62.9 Å². The molecule has 6 heteroatoms. The predicted octanol–water partition coefficient (Wildman–Crippen LogP) is 3.86. The second-order valence-electron chi connectivity index (χ2n) is 9.39. The highest BCUT2D eigenvalue weighted by Crippen LogP contribution is 2.39. The summed E-state index contributed by atoms with van der Waals surface area (Å²) in [5, 5.41) is 14.1. The standard InChI is InChI=1S/C26H34N4O2/c1-17-16-27-14-13-21(17)30-23-12-11-22-20(10-9-18(2)29(22)26(31)32-3)25(23)28-24(30)15-19-7-5-4-6-8-19/h4-8,11-12,17-18,21,26-27,31H,9-10,13-16H2,1-3H3/t17?,18-,21?,26?/m0/s1. The third-order valence-corrected chi connectivity index (χ3v) is 7.31. The molecule has 1 saturated heterocycles. The number of aromatic nitrogens is 2. The molecule has 0 saturated carbocycles. The van der Waals surface area contributed by atoms with E-state index in [2.05, 4.69) is 66.2 Å². The van der Waals surface area contributed by atoms with Gasteiger partial charge in [-0.25, -0.2) is 4.98 Å². The molecular formula is C26H34N4O2. The zero-order valence-electron chi connectivity index (χ0n) is 19.3. The van der Waals surface area contributed by atoms with Crippen molar-refractivity contribution in [2.45, 2.75) is 58.0 Å². The van der Waals surface area contributed by atoms with Gasteiger partial charge in [-0.15, -0.1) is 0 Å². The number of aliphatic hydroxyl groups is 1. The molecule has 3 aromatic rings. The van der Waals surface area contributed by atoms with Crippen molar-refractivity contribution < 1.29 is 9.84 Å². The van der Waals surface area contributed by atoms with Crippen molar-refractivity contribution in [3.8, 4) is 0 Å². The molecule has 2 aliphatic heterocycles. The van der Waals surface area contributed by atoms with Crippen molar-refractivity contribution in [2.24, 2.45) is 5.92 Å². The fourth-order valence-electron chi connectivity index (χ4n) is 5.58. The van der Waals surface area contributed by atoms with Gasteiger partial charge in [0.25, 0.3) is 0 Å². The van der Waals surface area contributed by atoms with E-state index in [4.69, 9.17) is 9.72 Å². The van der Waals surface area contributed by atoms with Gasteiger partial charge in [0, 0.05) is 36.9 Å². The first-order chi connectivity index (χ1) is 15.6. The number of aliphatic hydroxyl groups excluding tert-OH is 1. The number of hydrogen-bond acceptors (Lipinski definition) is 5. The summed E-state index contributed by atoms with van der Waals surface area (Å²) in [7, 11) is 1.55. The van der Waals surface area contributed by atoms with Crippen molar-refractivity contribution in [2.75, 3.05) is 25.1 Å². The van der Waals surface area contributed by atoms with Crippen molar-refractivity contribution >= 4 is 16.7 Å². The van der Waals surface area contributed by atoms with Crippen LogP contribution in [0.25, 0.3) is 11.0 Å². The topological polar surface area (TPSA) is 62.6 Å². The van der Waals surface area contributed by atoms with E-state index < -0.39 is 6.41 Å². The molecule has 2 N–H and O–H groups in total. The van der Waals surface area contributed by atoms with E-state index in [1.165, 1.54) is 16.6 Å². The minimum absolute atomic E-state index is 0.213. The molecule has 0 bridgehead atoms. The van der Waals surface area contributed by atoms with Gasteiger partial charge < -0.3 is 24.6 Å². The van der Waals surface area contributed by atoms with Gasteiger partial charge >= 0.3 is 0 Å². The lowest BCUT2D eigenvalue weighted by Gasteiger charge is -2.39. The lowest BCUT2D eigenvalue weighted by atomic mass is 9.93. The van der Waals surface area contributed by atoms with E-state index in [1.807, 2.05) is 4.90 Å². The van der Waals surface area contributed by atoms with E-state index in [0.29, 0.717) is 12.0 Å². The van der Waals surface area contributed by atoms with Crippen LogP contribution in [-0.4, -0.2) is 47.3 Å². The Balaban J connectivity index is 1.67. The largest absolute Gasteiger partial charge is 0.351 e. The van der Waals surface area contributed by atoms with E-state index >= 15 is 0 Å². The van der Waals surface area contributed by atoms with Gasteiger partial charge in [0.05, 0.1) is 11.0 Å². The highest BCUT2D eigenvalue weighted by molar-refractivity contribution is 5.86.